The first-order valence-electron chi connectivity index (χ1n) is 9.20. The number of sulfone groups is 1. The number of aromatic nitrogens is 2. The number of carbonyl (C=O) groups is 1. The van der Waals surface area contributed by atoms with Crippen molar-refractivity contribution >= 4 is 21.8 Å². The van der Waals surface area contributed by atoms with Crippen molar-refractivity contribution in [3.05, 3.63) is 70.6 Å². The Labute approximate surface area is 170 Å². The van der Waals surface area contributed by atoms with Gasteiger partial charge in [0.15, 0.2) is 9.84 Å². The highest BCUT2D eigenvalue weighted by Gasteiger charge is 2.19. The molecule has 1 amide bonds. The summed E-state index contributed by atoms with van der Waals surface area (Å²) >= 11 is 0. The number of benzene rings is 2. The molecule has 1 aromatic heterocycles. The fourth-order valence-corrected chi connectivity index (χ4v) is 3.73. The van der Waals surface area contributed by atoms with Crippen LogP contribution >= 0.6 is 0 Å². The fourth-order valence-electron chi connectivity index (χ4n) is 2.67. The van der Waals surface area contributed by atoms with Gasteiger partial charge >= 0.3 is 6.01 Å². The van der Waals surface area contributed by atoms with Gasteiger partial charge in [0.1, 0.15) is 0 Å². The van der Waals surface area contributed by atoms with E-state index in [-0.39, 0.29) is 16.8 Å². The molecule has 0 unspecified atom stereocenters. The molecule has 3 rings (SSSR count). The maximum atomic E-state index is 12.3. The van der Waals surface area contributed by atoms with E-state index in [1.54, 1.807) is 50.2 Å². The van der Waals surface area contributed by atoms with Crippen molar-refractivity contribution in [2.75, 3.05) is 5.32 Å². The van der Waals surface area contributed by atoms with Crippen LogP contribution in [0.25, 0.3) is 0 Å². The van der Waals surface area contributed by atoms with Gasteiger partial charge in [-0.15, -0.1) is 5.10 Å². The lowest BCUT2D eigenvalue weighted by atomic mass is 10.1. The zero-order chi connectivity index (χ0) is 21.2. The Kier molecular flexibility index (Phi) is 5.83. The SMILES string of the molecule is Cc1ccc(C(=O)Nc2nnc(Cc3ccc(S(=O)(=O)C(C)C)cc3)o2)cc1C. The van der Waals surface area contributed by atoms with Crippen LogP contribution in [0.5, 0.6) is 0 Å². The molecule has 0 spiro atoms. The molecule has 7 nitrogen and oxygen atoms in total. The van der Waals surface area contributed by atoms with Gasteiger partial charge in [0, 0.05) is 5.56 Å². The largest absolute Gasteiger partial charge is 0.407 e. The van der Waals surface area contributed by atoms with E-state index in [0.29, 0.717) is 17.9 Å². The van der Waals surface area contributed by atoms with E-state index in [9.17, 15) is 13.2 Å². The van der Waals surface area contributed by atoms with E-state index < -0.39 is 15.1 Å². The Morgan fingerprint density at radius 2 is 1.72 bits per heavy atom. The summed E-state index contributed by atoms with van der Waals surface area (Å²) < 4.78 is 29.9. The number of nitrogens with one attached hydrogen (secondary N) is 1. The Balaban J connectivity index is 1.67. The molecule has 0 aliphatic heterocycles. The Morgan fingerprint density at radius 3 is 2.34 bits per heavy atom. The summed E-state index contributed by atoms with van der Waals surface area (Å²) in [5.74, 6) is -0.00796. The van der Waals surface area contributed by atoms with Crippen molar-refractivity contribution in [1.82, 2.24) is 10.2 Å². The van der Waals surface area contributed by atoms with Gasteiger partial charge in [0.2, 0.25) is 5.89 Å². The minimum atomic E-state index is -3.31. The van der Waals surface area contributed by atoms with Gasteiger partial charge in [-0.05, 0) is 68.7 Å². The molecule has 0 saturated heterocycles. The third-order valence-corrected chi connectivity index (χ3v) is 6.85. The van der Waals surface area contributed by atoms with Gasteiger partial charge in [-0.3, -0.25) is 10.1 Å². The van der Waals surface area contributed by atoms with E-state index in [4.69, 9.17) is 4.42 Å². The second kappa shape index (κ2) is 8.16. The molecule has 0 atom stereocenters. The van der Waals surface area contributed by atoms with Crippen molar-refractivity contribution in [2.45, 2.75) is 44.3 Å². The molecule has 0 bridgehead atoms. The van der Waals surface area contributed by atoms with Crippen LogP contribution in [0.2, 0.25) is 0 Å². The zero-order valence-electron chi connectivity index (χ0n) is 16.8. The van der Waals surface area contributed by atoms with Gasteiger partial charge in [-0.1, -0.05) is 23.3 Å². The molecule has 1 heterocycles. The molecule has 2 aromatic carbocycles. The third-order valence-electron chi connectivity index (χ3n) is 4.68. The normalized spacial score (nSPS) is 11.6. The van der Waals surface area contributed by atoms with E-state index in [2.05, 4.69) is 15.5 Å². The van der Waals surface area contributed by atoms with Crippen molar-refractivity contribution < 1.29 is 17.6 Å². The lowest BCUT2D eigenvalue weighted by Gasteiger charge is -2.08. The second-order valence-electron chi connectivity index (χ2n) is 7.17. The quantitative estimate of drug-likeness (QED) is 0.661. The van der Waals surface area contributed by atoms with Crippen LogP contribution in [0.1, 0.15) is 46.8 Å². The molecule has 0 saturated carbocycles. The number of carbonyl (C=O) groups excluding carboxylic acids is 1. The molecule has 0 radical (unpaired) electrons. The van der Waals surface area contributed by atoms with Crippen LogP contribution in [-0.4, -0.2) is 29.8 Å². The molecule has 0 aliphatic rings. The Hall–Kier alpha value is -3.00. The average Bonchev–Trinajstić information content (AvgIpc) is 3.11. The van der Waals surface area contributed by atoms with E-state index >= 15 is 0 Å². The van der Waals surface area contributed by atoms with Crippen LogP contribution < -0.4 is 5.32 Å². The number of amides is 1. The Morgan fingerprint density at radius 1 is 1.03 bits per heavy atom. The zero-order valence-corrected chi connectivity index (χ0v) is 17.6. The van der Waals surface area contributed by atoms with Crippen molar-refractivity contribution in [1.29, 1.82) is 0 Å². The van der Waals surface area contributed by atoms with Gasteiger partial charge in [0.05, 0.1) is 16.6 Å². The molecular weight excluding hydrogens is 390 g/mol. The number of anilines is 1. The smallest absolute Gasteiger partial charge is 0.322 e. The van der Waals surface area contributed by atoms with E-state index in [1.165, 1.54) is 0 Å². The maximum Gasteiger partial charge on any atom is 0.322 e. The van der Waals surface area contributed by atoms with Crippen LogP contribution in [0.4, 0.5) is 6.01 Å². The summed E-state index contributed by atoms with van der Waals surface area (Å²) in [6, 6.07) is 12.0. The molecular formula is C21H23N3O4S. The predicted molar refractivity (Wildman–Crippen MR) is 110 cm³/mol. The third kappa shape index (κ3) is 4.71. The summed E-state index contributed by atoms with van der Waals surface area (Å²) in [5.41, 5.74) is 3.46. The highest BCUT2D eigenvalue weighted by atomic mass is 32.2. The monoisotopic (exact) mass is 413 g/mol. The standard InChI is InChI=1S/C21H23N3O4S/c1-13(2)29(26,27)18-9-6-16(7-10-18)12-19-23-24-21(28-19)22-20(25)17-8-5-14(3)15(4)11-17/h5-11,13H,12H2,1-4H3,(H,22,24,25). The fraction of sp³-hybridized carbons (Fsp3) is 0.286. The molecule has 0 aliphatic carbocycles. The highest BCUT2D eigenvalue weighted by Crippen LogP contribution is 2.19. The Bertz CT molecular complexity index is 1130. The molecule has 1 N–H and O–H groups in total. The van der Waals surface area contributed by atoms with Gasteiger partial charge in [0.25, 0.3) is 5.91 Å². The maximum absolute atomic E-state index is 12.3. The molecule has 3 aromatic rings. The summed E-state index contributed by atoms with van der Waals surface area (Å²) in [7, 11) is -3.31. The summed E-state index contributed by atoms with van der Waals surface area (Å²) in [4.78, 5) is 12.6. The minimum absolute atomic E-state index is 0.0160. The topological polar surface area (TPSA) is 102 Å². The first-order valence-corrected chi connectivity index (χ1v) is 10.8. The lowest BCUT2D eigenvalue weighted by Crippen LogP contribution is -2.13. The van der Waals surface area contributed by atoms with Crippen LogP contribution in [0.15, 0.2) is 51.8 Å². The van der Waals surface area contributed by atoms with E-state index in [0.717, 1.165) is 16.7 Å². The van der Waals surface area contributed by atoms with Gasteiger partial charge < -0.3 is 4.42 Å². The number of hydrogen-bond acceptors (Lipinski definition) is 6. The van der Waals surface area contributed by atoms with Crippen molar-refractivity contribution in [3.63, 3.8) is 0 Å². The second-order valence-corrected chi connectivity index (χ2v) is 9.67. The highest BCUT2D eigenvalue weighted by molar-refractivity contribution is 7.92. The van der Waals surface area contributed by atoms with Crippen molar-refractivity contribution in [2.24, 2.45) is 0 Å². The molecule has 29 heavy (non-hydrogen) atoms. The van der Waals surface area contributed by atoms with Gasteiger partial charge in [-0.25, -0.2) is 8.42 Å². The first kappa shape index (κ1) is 20.7. The number of nitrogens with zero attached hydrogens (tertiary/aromatic N) is 2. The molecule has 152 valence electrons. The summed E-state index contributed by atoms with van der Waals surface area (Å²) in [5, 5.41) is 9.91. The predicted octanol–water partition coefficient (Wildman–Crippen LogP) is 3.71. The summed E-state index contributed by atoms with van der Waals surface area (Å²) in [6.45, 7) is 7.21. The first-order chi connectivity index (χ1) is 13.7. The van der Waals surface area contributed by atoms with Crippen molar-refractivity contribution in [3.8, 4) is 0 Å². The lowest BCUT2D eigenvalue weighted by molar-refractivity contribution is 0.102. The van der Waals surface area contributed by atoms with E-state index in [1.807, 2.05) is 19.9 Å². The van der Waals surface area contributed by atoms with Crippen LogP contribution in [-0.2, 0) is 16.3 Å². The number of hydrogen-bond donors (Lipinski definition) is 1. The van der Waals surface area contributed by atoms with Gasteiger partial charge in [-0.2, -0.15) is 0 Å². The molecule has 8 heteroatoms. The number of rotatable bonds is 6. The average molecular weight is 413 g/mol. The molecule has 0 fully saturated rings. The van der Waals surface area contributed by atoms with Crippen LogP contribution in [0.3, 0.4) is 0 Å². The minimum Gasteiger partial charge on any atom is -0.407 e. The summed E-state index contributed by atoms with van der Waals surface area (Å²) in [6.07, 6.45) is 0.328. The number of aryl methyl sites for hydroxylation is 2. The van der Waals surface area contributed by atoms with Crippen LogP contribution in [0, 0.1) is 13.8 Å².